The standard InChI is InChI=1S/C22H21N3O5S/c1-30-19-7-3-2-5-17(19)24-22(27)21-18(23-13-14-26)6-4-8-20(21)31-16-11-9-15(10-12-16)25(28)29/h2-12,23,26H,13-14H2,1H3,(H,24,27). The maximum atomic E-state index is 13.2. The lowest BCUT2D eigenvalue weighted by Crippen LogP contribution is -2.17. The van der Waals surface area contributed by atoms with Crippen molar-refractivity contribution < 1.29 is 19.6 Å². The van der Waals surface area contributed by atoms with Gasteiger partial charge in [-0.2, -0.15) is 0 Å². The monoisotopic (exact) mass is 439 g/mol. The van der Waals surface area contributed by atoms with Gasteiger partial charge in [-0.15, -0.1) is 0 Å². The number of nitrogens with one attached hydrogen (secondary N) is 2. The van der Waals surface area contributed by atoms with Crippen molar-refractivity contribution in [2.24, 2.45) is 0 Å². The molecule has 0 saturated heterocycles. The molecule has 0 aliphatic heterocycles. The van der Waals surface area contributed by atoms with Crippen molar-refractivity contribution >= 4 is 34.7 Å². The highest BCUT2D eigenvalue weighted by molar-refractivity contribution is 7.99. The normalized spacial score (nSPS) is 10.4. The van der Waals surface area contributed by atoms with E-state index in [-0.39, 0.29) is 24.7 Å². The van der Waals surface area contributed by atoms with E-state index in [1.807, 2.05) is 0 Å². The molecule has 0 aromatic heterocycles. The lowest BCUT2D eigenvalue weighted by molar-refractivity contribution is -0.384. The summed E-state index contributed by atoms with van der Waals surface area (Å²) in [7, 11) is 1.53. The van der Waals surface area contributed by atoms with E-state index in [1.54, 1.807) is 54.6 Å². The number of anilines is 2. The number of aliphatic hydroxyl groups excluding tert-OH is 1. The van der Waals surface area contributed by atoms with Crippen LogP contribution in [0.25, 0.3) is 0 Å². The van der Waals surface area contributed by atoms with E-state index in [4.69, 9.17) is 4.74 Å². The zero-order chi connectivity index (χ0) is 22.2. The number of hydrogen-bond acceptors (Lipinski definition) is 7. The van der Waals surface area contributed by atoms with Gasteiger partial charge in [-0.25, -0.2) is 0 Å². The second-order valence-corrected chi connectivity index (χ2v) is 7.45. The number of carbonyl (C=O) groups is 1. The molecule has 0 aliphatic carbocycles. The molecular formula is C22H21N3O5S. The van der Waals surface area contributed by atoms with Crippen molar-refractivity contribution in [3.63, 3.8) is 0 Å². The summed E-state index contributed by atoms with van der Waals surface area (Å²) < 4.78 is 5.31. The van der Waals surface area contributed by atoms with Gasteiger partial charge in [0.2, 0.25) is 0 Å². The van der Waals surface area contributed by atoms with Crippen LogP contribution in [0.4, 0.5) is 17.1 Å². The number of hydrogen-bond donors (Lipinski definition) is 3. The average molecular weight is 439 g/mol. The molecule has 0 bridgehead atoms. The van der Waals surface area contributed by atoms with Gasteiger partial charge in [-0.1, -0.05) is 30.0 Å². The second kappa shape index (κ2) is 10.5. The van der Waals surface area contributed by atoms with Crippen LogP contribution >= 0.6 is 11.8 Å². The summed E-state index contributed by atoms with van der Waals surface area (Å²) in [5.41, 5.74) is 1.48. The van der Waals surface area contributed by atoms with Gasteiger partial charge in [0.05, 0.1) is 29.9 Å². The topological polar surface area (TPSA) is 114 Å². The van der Waals surface area contributed by atoms with Gasteiger partial charge in [0.15, 0.2) is 0 Å². The van der Waals surface area contributed by atoms with E-state index in [9.17, 15) is 20.0 Å². The van der Waals surface area contributed by atoms with Gasteiger partial charge in [-0.05, 0) is 36.4 Å². The fraction of sp³-hybridized carbons (Fsp3) is 0.136. The first-order chi connectivity index (χ1) is 15.0. The molecule has 8 nitrogen and oxygen atoms in total. The first-order valence-electron chi connectivity index (χ1n) is 9.38. The number of nitro groups is 1. The number of methoxy groups -OCH3 is 1. The Morgan fingerprint density at radius 1 is 1.06 bits per heavy atom. The average Bonchev–Trinajstić information content (AvgIpc) is 2.78. The van der Waals surface area contributed by atoms with Gasteiger partial charge < -0.3 is 20.5 Å². The van der Waals surface area contributed by atoms with E-state index in [2.05, 4.69) is 10.6 Å². The van der Waals surface area contributed by atoms with Crippen LogP contribution in [0, 0.1) is 10.1 Å². The van der Waals surface area contributed by atoms with Crippen molar-refractivity contribution in [3.05, 3.63) is 82.4 Å². The van der Waals surface area contributed by atoms with Crippen LogP contribution in [0.1, 0.15) is 10.4 Å². The van der Waals surface area contributed by atoms with Crippen molar-refractivity contribution in [2.45, 2.75) is 9.79 Å². The molecule has 31 heavy (non-hydrogen) atoms. The van der Waals surface area contributed by atoms with Crippen LogP contribution in [0.3, 0.4) is 0 Å². The number of ether oxygens (including phenoxy) is 1. The number of para-hydroxylation sites is 2. The van der Waals surface area contributed by atoms with Crippen LogP contribution in [0.15, 0.2) is 76.5 Å². The maximum Gasteiger partial charge on any atom is 0.269 e. The first kappa shape index (κ1) is 22.1. The number of benzene rings is 3. The third kappa shape index (κ3) is 5.53. The molecular weight excluding hydrogens is 418 g/mol. The lowest BCUT2D eigenvalue weighted by atomic mass is 10.1. The van der Waals surface area contributed by atoms with Crippen molar-refractivity contribution in [1.82, 2.24) is 0 Å². The summed E-state index contributed by atoms with van der Waals surface area (Å²) in [6, 6.07) is 18.6. The molecule has 160 valence electrons. The van der Waals surface area contributed by atoms with Crippen LogP contribution in [-0.4, -0.2) is 36.2 Å². The molecule has 0 radical (unpaired) electrons. The lowest BCUT2D eigenvalue weighted by Gasteiger charge is -2.16. The van der Waals surface area contributed by atoms with Crippen LogP contribution < -0.4 is 15.4 Å². The molecule has 3 rings (SSSR count). The van der Waals surface area contributed by atoms with Crippen molar-refractivity contribution in [1.29, 1.82) is 0 Å². The number of rotatable bonds is 9. The molecule has 0 saturated carbocycles. The number of nitrogens with zero attached hydrogens (tertiary/aromatic N) is 1. The molecule has 0 unspecified atom stereocenters. The Balaban J connectivity index is 1.95. The molecule has 0 aliphatic rings. The molecule has 0 heterocycles. The highest BCUT2D eigenvalue weighted by Gasteiger charge is 2.19. The van der Waals surface area contributed by atoms with Crippen LogP contribution in [-0.2, 0) is 0 Å². The molecule has 0 atom stereocenters. The third-order valence-corrected chi connectivity index (χ3v) is 5.38. The summed E-state index contributed by atoms with van der Waals surface area (Å²) in [5.74, 6) is 0.177. The highest BCUT2D eigenvalue weighted by atomic mass is 32.2. The number of amides is 1. The summed E-state index contributed by atoms with van der Waals surface area (Å²) >= 11 is 1.31. The highest BCUT2D eigenvalue weighted by Crippen LogP contribution is 2.36. The first-order valence-corrected chi connectivity index (χ1v) is 10.2. The predicted molar refractivity (Wildman–Crippen MR) is 120 cm³/mol. The molecule has 3 aromatic rings. The summed E-state index contributed by atoms with van der Waals surface area (Å²) in [6.07, 6.45) is 0. The predicted octanol–water partition coefficient (Wildman–Crippen LogP) is 4.41. The Labute approximate surface area is 183 Å². The minimum atomic E-state index is -0.458. The largest absolute Gasteiger partial charge is 0.495 e. The number of aliphatic hydroxyl groups is 1. The molecule has 3 aromatic carbocycles. The minimum absolute atomic E-state index is 0.00291. The van der Waals surface area contributed by atoms with Crippen LogP contribution in [0.2, 0.25) is 0 Å². The van der Waals surface area contributed by atoms with Gasteiger partial charge in [0.25, 0.3) is 11.6 Å². The van der Waals surface area contributed by atoms with E-state index in [0.717, 1.165) is 4.90 Å². The molecule has 3 N–H and O–H groups in total. The number of nitro benzene ring substituents is 1. The molecule has 9 heteroatoms. The Morgan fingerprint density at radius 3 is 2.45 bits per heavy atom. The maximum absolute atomic E-state index is 13.2. The zero-order valence-electron chi connectivity index (χ0n) is 16.7. The Morgan fingerprint density at radius 2 is 1.77 bits per heavy atom. The fourth-order valence-corrected chi connectivity index (χ4v) is 3.86. The Bertz CT molecular complexity index is 1070. The summed E-state index contributed by atoms with van der Waals surface area (Å²) in [4.78, 5) is 25.1. The van der Waals surface area contributed by atoms with Crippen molar-refractivity contribution in [3.8, 4) is 5.75 Å². The molecule has 0 spiro atoms. The van der Waals surface area contributed by atoms with Gasteiger partial charge in [0, 0.05) is 34.2 Å². The SMILES string of the molecule is COc1ccccc1NC(=O)c1c(NCCO)cccc1Sc1ccc([N+](=O)[O-])cc1. The quantitative estimate of drug-likeness (QED) is 0.334. The van der Waals surface area contributed by atoms with Gasteiger partial charge in [-0.3, -0.25) is 14.9 Å². The Hall–Kier alpha value is -3.56. The summed E-state index contributed by atoms with van der Waals surface area (Å²) in [6.45, 7) is 0.188. The molecule has 0 fully saturated rings. The Kier molecular flexibility index (Phi) is 7.47. The summed E-state index contributed by atoms with van der Waals surface area (Å²) in [5, 5.41) is 26.0. The van der Waals surface area contributed by atoms with E-state index in [0.29, 0.717) is 27.6 Å². The number of non-ortho nitro benzene ring substituents is 1. The zero-order valence-corrected chi connectivity index (χ0v) is 17.5. The number of carbonyl (C=O) groups excluding carboxylic acids is 1. The smallest absolute Gasteiger partial charge is 0.269 e. The minimum Gasteiger partial charge on any atom is -0.495 e. The fourth-order valence-electron chi connectivity index (χ4n) is 2.88. The van der Waals surface area contributed by atoms with E-state index < -0.39 is 4.92 Å². The third-order valence-electron chi connectivity index (χ3n) is 4.31. The van der Waals surface area contributed by atoms with E-state index in [1.165, 1.54) is 31.0 Å². The van der Waals surface area contributed by atoms with Crippen LogP contribution in [0.5, 0.6) is 5.75 Å². The molecule has 1 amide bonds. The van der Waals surface area contributed by atoms with E-state index >= 15 is 0 Å². The second-order valence-electron chi connectivity index (χ2n) is 6.34. The van der Waals surface area contributed by atoms with Gasteiger partial charge in [0.1, 0.15) is 5.75 Å². The van der Waals surface area contributed by atoms with Gasteiger partial charge >= 0.3 is 0 Å². The van der Waals surface area contributed by atoms with Crippen molar-refractivity contribution in [2.75, 3.05) is 30.9 Å².